The van der Waals surface area contributed by atoms with Gasteiger partial charge in [-0.05, 0) is 31.0 Å². The number of aromatic nitrogens is 2. The molecule has 1 heterocycles. The summed E-state index contributed by atoms with van der Waals surface area (Å²) in [5.41, 5.74) is 0.269. The highest BCUT2D eigenvalue weighted by molar-refractivity contribution is 6.34. The predicted octanol–water partition coefficient (Wildman–Crippen LogP) is 3.33. The molecule has 2 N–H and O–H groups in total. The van der Waals surface area contributed by atoms with Crippen LogP contribution in [0, 0.1) is 0 Å². The van der Waals surface area contributed by atoms with E-state index in [0.717, 1.165) is 24.9 Å². The third kappa shape index (κ3) is 4.72. The molecule has 0 aliphatic heterocycles. The molecule has 1 aromatic carbocycles. The molecular weight excluding hydrogens is 380 g/mol. The van der Waals surface area contributed by atoms with Crippen LogP contribution in [-0.2, 0) is 0 Å². The molecule has 0 bridgehead atoms. The zero-order chi connectivity index (χ0) is 20.1. The monoisotopic (exact) mass is 404 g/mol. The number of benzene rings is 1. The third-order valence-electron chi connectivity index (χ3n) is 5.11. The number of halogens is 1. The van der Waals surface area contributed by atoms with E-state index in [-0.39, 0.29) is 12.5 Å². The SMILES string of the molecule is COc1cnc(N(C)c2ccc(Cl)c(C(=O)NCC3(O)CCCCC3)c2)cn1. The van der Waals surface area contributed by atoms with Crippen LogP contribution in [-0.4, -0.2) is 47.3 Å². The van der Waals surface area contributed by atoms with Gasteiger partial charge in [0.15, 0.2) is 5.82 Å². The second kappa shape index (κ2) is 8.75. The van der Waals surface area contributed by atoms with Crippen LogP contribution in [0.2, 0.25) is 5.02 Å². The Morgan fingerprint density at radius 1 is 1.29 bits per heavy atom. The highest BCUT2D eigenvalue weighted by Gasteiger charge is 2.29. The molecule has 1 aliphatic rings. The number of amides is 1. The molecule has 150 valence electrons. The summed E-state index contributed by atoms with van der Waals surface area (Å²) in [5, 5.41) is 13.8. The summed E-state index contributed by atoms with van der Waals surface area (Å²) < 4.78 is 5.02. The standard InChI is InChI=1S/C20H25ClN4O3/c1-25(17-11-23-18(28-2)12-22-17)14-6-7-16(21)15(10-14)19(26)24-13-20(27)8-4-3-5-9-20/h6-7,10-12,27H,3-5,8-9,13H2,1-2H3,(H,24,26). The van der Waals surface area contributed by atoms with Crippen LogP contribution in [0.25, 0.3) is 0 Å². The summed E-state index contributed by atoms with van der Waals surface area (Å²) in [4.78, 5) is 22.9. The van der Waals surface area contributed by atoms with Gasteiger partial charge in [0, 0.05) is 19.3 Å². The number of nitrogens with one attached hydrogen (secondary N) is 1. The van der Waals surface area contributed by atoms with Gasteiger partial charge in [-0.25, -0.2) is 9.97 Å². The first-order chi connectivity index (χ1) is 13.4. The smallest absolute Gasteiger partial charge is 0.252 e. The summed E-state index contributed by atoms with van der Waals surface area (Å²) >= 11 is 6.25. The largest absolute Gasteiger partial charge is 0.480 e. The Balaban J connectivity index is 1.73. The van der Waals surface area contributed by atoms with E-state index in [1.54, 1.807) is 29.3 Å². The molecule has 1 amide bonds. The van der Waals surface area contributed by atoms with Crippen molar-refractivity contribution in [1.82, 2.24) is 15.3 Å². The van der Waals surface area contributed by atoms with E-state index in [9.17, 15) is 9.90 Å². The maximum atomic E-state index is 12.7. The fourth-order valence-corrected chi connectivity index (χ4v) is 3.55. The van der Waals surface area contributed by atoms with Crippen molar-refractivity contribution < 1.29 is 14.6 Å². The third-order valence-corrected chi connectivity index (χ3v) is 5.44. The van der Waals surface area contributed by atoms with Crippen LogP contribution in [0.4, 0.5) is 11.5 Å². The van der Waals surface area contributed by atoms with Gasteiger partial charge in [-0.2, -0.15) is 0 Å². The number of anilines is 2. The Morgan fingerprint density at radius 3 is 2.68 bits per heavy atom. The van der Waals surface area contributed by atoms with Gasteiger partial charge in [0.05, 0.1) is 35.7 Å². The van der Waals surface area contributed by atoms with Crippen LogP contribution in [0.1, 0.15) is 42.5 Å². The van der Waals surface area contributed by atoms with E-state index in [1.807, 2.05) is 7.05 Å². The molecule has 3 rings (SSSR count). The van der Waals surface area contributed by atoms with Crippen molar-refractivity contribution in [2.45, 2.75) is 37.7 Å². The van der Waals surface area contributed by atoms with E-state index in [1.165, 1.54) is 13.3 Å². The van der Waals surface area contributed by atoms with Gasteiger partial charge in [0.25, 0.3) is 5.91 Å². The van der Waals surface area contributed by atoms with Gasteiger partial charge in [-0.3, -0.25) is 4.79 Å². The van der Waals surface area contributed by atoms with Gasteiger partial charge in [0.2, 0.25) is 5.88 Å². The highest BCUT2D eigenvalue weighted by atomic mass is 35.5. The van der Waals surface area contributed by atoms with E-state index in [2.05, 4.69) is 15.3 Å². The molecular formula is C20H25ClN4O3. The van der Waals surface area contributed by atoms with Gasteiger partial charge < -0.3 is 20.1 Å². The molecule has 0 unspecified atom stereocenters. The second-order valence-electron chi connectivity index (χ2n) is 7.11. The van der Waals surface area contributed by atoms with E-state index < -0.39 is 5.60 Å². The molecule has 0 spiro atoms. The predicted molar refractivity (Wildman–Crippen MR) is 108 cm³/mol. The quantitative estimate of drug-likeness (QED) is 0.767. The average molecular weight is 405 g/mol. The molecule has 1 aliphatic carbocycles. The lowest BCUT2D eigenvalue weighted by Gasteiger charge is -2.32. The first-order valence-electron chi connectivity index (χ1n) is 9.32. The van der Waals surface area contributed by atoms with Crippen molar-refractivity contribution in [2.75, 3.05) is 25.6 Å². The number of carbonyl (C=O) groups excluding carboxylic acids is 1. The van der Waals surface area contributed by atoms with Crippen molar-refractivity contribution >= 4 is 29.0 Å². The van der Waals surface area contributed by atoms with Crippen molar-refractivity contribution in [3.63, 3.8) is 0 Å². The lowest BCUT2D eigenvalue weighted by molar-refractivity contribution is 0.00526. The molecule has 1 saturated carbocycles. The maximum Gasteiger partial charge on any atom is 0.252 e. The summed E-state index contributed by atoms with van der Waals surface area (Å²) in [6.07, 6.45) is 7.63. The molecule has 1 aromatic heterocycles. The molecule has 7 nitrogen and oxygen atoms in total. The Kier molecular flexibility index (Phi) is 6.36. The molecule has 0 saturated heterocycles. The van der Waals surface area contributed by atoms with Gasteiger partial charge in [0.1, 0.15) is 0 Å². The Bertz CT molecular complexity index is 823. The first kappa shape index (κ1) is 20.4. The van der Waals surface area contributed by atoms with Crippen LogP contribution in [0.5, 0.6) is 5.88 Å². The van der Waals surface area contributed by atoms with Crippen LogP contribution in [0.15, 0.2) is 30.6 Å². The van der Waals surface area contributed by atoms with Crippen molar-refractivity contribution in [3.8, 4) is 5.88 Å². The summed E-state index contributed by atoms with van der Waals surface area (Å²) in [6, 6.07) is 5.18. The molecule has 2 aromatic rings. The number of carbonyl (C=O) groups is 1. The van der Waals surface area contributed by atoms with Crippen LogP contribution < -0.4 is 15.0 Å². The van der Waals surface area contributed by atoms with E-state index in [0.29, 0.717) is 35.1 Å². The van der Waals surface area contributed by atoms with Gasteiger partial charge in [-0.1, -0.05) is 30.9 Å². The second-order valence-corrected chi connectivity index (χ2v) is 7.52. The zero-order valence-corrected chi connectivity index (χ0v) is 16.9. The average Bonchev–Trinajstić information content (AvgIpc) is 2.72. The minimum Gasteiger partial charge on any atom is -0.480 e. The molecule has 28 heavy (non-hydrogen) atoms. The number of rotatable bonds is 6. The lowest BCUT2D eigenvalue weighted by Crippen LogP contribution is -2.44. The van der Waals surface area contributed by atoms with E-state index >= 15 is 0 Å². The molecule has 1 fully saturated rings. The number of aliphatic hydroxyl groups is 1. The van der Waals surface area contributed by atoms with Gasteiger partial charge >= 0.3 is 0 Å². The number of methoxy groups -OCH3 is 1. The minimum atomic E-state index is -0.826. The zero-order valence-electron chi connectivity index (χ0n) is 16.1. The number of hydrogen-bond donors (Lipinski definition) is 2. The van der Waals surface area contributed by atoms with E-state index in [4.69, 9.17) is 16.3 Å². The lowest BCUT2D eigenvalue weighted by atomic mass is 9.85. The minimum absolute atomic E-state index is 0.228. The fourth-order valence-electron chi connectivity index (χ4n) is 3.34. The highest BCUT2D eigenvalue weighted by Crippen LogP contribution is 2.29. The van der Waals surface area contributed by atoms with Crippen molar-refractivity contribution in [3.05, 3.63) is 41.2 Å². The van der Waals surface area contributed by atoms with Crippen molar-refractivity contribution in [1.29, 1.82) is 0 Å². The summed E-state index contributed by atoms with van der Waals surface area (Å²) in [6.45, 7) is 0.228. The molecule has 0 radical (unpaired) electrons. The molecule has 8 heteroatoms. The van der Waals surface area contributed by atoms with Gasteiger partial charge in [-0.15, -0.1) is 0 Å². The van der Waals surface area contributed by atoms with Crippen LogP contribution >= 0.6 is 11.6 Å². The Hall–Kier alpha value is -2.38. The Labute approximate surface area is 169 Å². The van der Waals surface area contributed by atoms with Crippen molar-refractivity contribution in [2.24, 2.45) is 0 Å². The summed E-state index contributed by atoms with van der Waals surface area (Å²) in [5.74, 6) is 0.722. The fraction of sp³-hybridized carbons (Fsp3) is 0.450. The number of nitrogens with zero attached hydrogens (tertiary/aromatic N) is 3. The maximum absolute atomic E-state index is 12.7. The first-order valence-corrected chi connectivity index (χ1v) is 9.69. The molecule has 0 atom stereocenters. The Morgan fingerprint density at radius 2 is 2.04 bits per heavy atom. The number of ether oxygens (including phenoxy) is 1. The summed E-state index contributed by atoms with van der Waals surface area (Å²) in [7, 11) is 3.35. The number of hydrogen-bond acceptors (Lipinski definition) is 6. The topological polar surface area (TPSA) is 87.6 Å². The van der Waals surface area contributed by atoms with Crippen LogP contribution in [0.3, 0.4) is 0 Å². The normalized spacial score (nSPS) is 15.7.